The molecule has 1 heterocycles. The first-order chi connectivity index (χ1) is 26.4. The average Bonchev–Trinajstić information content (AvgIpc) is 3.16. The minimum absolute atomic E-state index is 0.124. The summed E-state index contributed by atoms with van der Waals surface area (Å²) >= 11 is 0. The van der Waals surface area contributed by atoms with Gasteiger partial charge in [-0.25, -0.2) is 4.79 Å². The number of piperidine rings is 1. The highest BCUT2D eigenvalue weighted by Crippen LogP contribution is 2.34. The number of hydrogen-bond acceptors (Lipinski definition) is 11. The smallest absolute Gasteiger partial charge is 0.329 e. The summed E-state index contributed by atoms with van der Waals surface area (Å²) in [7, 11) is 2.96. The number of rotatable bonds is 23. The van der Waals surface area contributed by atoms with Crippen molar-refractivity contribution in [3.63, 3.8) is 0 Å². The average molecular weight is 790 g/mol. The molecule has 0 aromatic carbocycles. The van der Waals surface area contributed by atoms with Crippen LogP contribution in [0.2, 0.25) is 0 Å². The van der Waals surface area contributed by atoms with Crippen LogP contribution < -0.4 is 0 Å². The normalized spacial score (nSPS) is 24.7. The minimum Gasteiger partial charge on any atom is -0.460 e. The standard InChI is InChI=1S/C44H71NO11/c1-11-12-13-16-28(4)21-31(7)40(49)42(54-10)41(50)32(8)22-29(5)36(47)25-38(30(6)23-33-18-19-35(46)39(24-33)53-9)56-44(52)34-17-14-15-20-45(34)43(51)37(48)26-55-27(2)3/h11-13,16,22,27-31,33-35,38-39,41-42,46,50H,14-15,17-21,23-26H2,1-10H3/b12-11+,16-13+,32-22+/t28-,29-,30-,31-,33+,34+,35-,38+,39-,41-,42+/m1/s1. The van der Waals surface area contributed by atoms with Gasteiger partial charge in [-0.05, 0) is 102 Å². The van der Waals surface area contributed by atoms with E-state index in [1.807, 2.05) is 52.0 Å². The highest BCUT2D eigenvalue weighted by molar-refractivity contribution is 6.37. The van der Waals surface area contributed by atoms with Crippen LogP contribution in [0.5, 0.6) is 0 Å². The van der Waals surface area contributed by atoms with Gasteiger partial charge in [0.15, 0.2) is 5.78 Å². The lowest BCUT2D eigenvalue weighted by Crippen LogP contribution is -2.52. The molecule has 0 aromatic rings. The maximum absolute atomic E-state index is 13.9. The first-order valence-electron chi connectivity index (χ1n) is 20.6. The maximum Gasteiger partial charge on any atom is 0.329 e. The Balaban J connectivity index is 2.27. The molecule has 2 N–H and O–H groups in total. The summed E-state index contributed by atoms with van der Waals surface area (Å²) in [4.78, 5) is 68.4. The number of aliphatic hydroxyl groups excluding tert-OH is 2. The molecule has 12 nitrogen and oxygen atoms in total. The lowest BCUT2D eigenvalue weighted by atomic mass is 9.78. The van der Waals surface area contributed by atoms with Gasteiger partial charge in [0.05, 0.1) is 18.3 Å². The van der Waals surface area contributed by atoms with Gasteiger partial charge in [-0.2, -0.15) is 0 Å². The lowest BCUT2D eigenvalue weighted by molar-refractivity contribution is -0.166. The topological polar surface area (TPSA) is 166 Å². The Morgan fingerprint density at radius 1 is 0.946 bits per heavy atom. The van der Waals surface area contributed by atoms with E-state index in [9.17, 15) is 34.2 Å². The second-order valence-electron chi connectivity index (χ2n) is 16.4. The molecule has 2 rings (SSSR count). The molecule has 56 heavy (non-hydrogen) atoms. The van der Waals surface area contributed by atoms with Crippen molar-refractivity contribution in [3.05, 3.63) is 36.0 Å². The molecule has 2 fully saturated rings. The summed E-state index contributed by atoms with van der Waals surface area (Å²) < 4.78 is 22.5. The van der Waals surface area contributed by atoms with Crippen LogP contribution in [0.25, 0.3) is 0 Å². The van der Waals surface area contributed by atoms with E-state index < -0.39 is 54.0 Å². The Morgan fingerprint density at radius 2 is 1.64 bits per heavy atom. The fourth-order valence-corrected chi connectivity index (χ4v) is 7.82. The van der Waals surface area contributed by atoms with Crippen molar-refractivity contribution in [2.45, 2.75) is 156 Å². The molecule has 2 aliphatic rings. The molecule has 1 aliphatic carbocycles. The minimum atomic E-state index is -1.27. The summed E-state index contributed by atoms with van der Waals surface area (Å²) in [5, 5.41) is 21.6. The number of nitrogens with zero attached hydrogens (tertiary/aromatic N) is 1. The largest absolute Gasteiger partial charge is 0.460 e. The molecule has 0 radical (unpaired) electrons. The van der Waals surface area contributed by atoms with E-state index in [-0.39, 0.29) is 67.0 Å². The van der Waals surface area contributed by atoms with Crippen LogP contribution in [-0.2, 0) is 42.9 Å². The van der Waals surface area contributed by atoms with E-state index in [2.05, 4.69) is 0 Å². The highest BCUT2D eigenvalue weighted by Gasteiger charge is 2.39. The number of carbonyl (C=O) groups is 5. The molecule has 12 heteroatoms. The van der Waals surface area contributed by atoms with Crippen molar-refractivity contribution in [2.24, 2.45) is 29.6 Å². The molecule has 318 valence electrons. The van der Waals surface area contributed by atoms with Crippen molar-refractivity contribution in [1.29, 1.82) is 0 Å². The second kappa shape index (κ2) is 24.7. The molecule has 0 unspecified atom stereocenters. The third-order valence-corrected chi connectivity index (χ3v) is 11.3. The zero-order valence-electron chi connectivity index (χ0n) is 35.6. The van der Waals surface area contributed by atoms with Crippen LogP contribution in [0, 0.1) is 29.6 Å². The van der Waals surface area contributed by atoms with Gasteiger partial charge in [-0.15, -0.1) is 0 Å². The molecule has 1 saturated carbocycles. The monoisotopic (exact) mass is 790 g/mol. The number of likely N-dealkylation sites (tertiary alicyclic amines) is 1. The van der Waals surface area contributed by atoms with Gasteiger partial charge in [-0.1, -0.05) is 58.1 Å². The van der Waals surface area contributed by atoms with Crippen molar-refractivity contribution >= 4 is 29.2 Å². The predicted octanol–water partition coefficient (Wildman–Crippen LogP) is 5.76. The number of carbonyl (C=O) groups excluding carboxylic acids is 5. The Kier molecular flexibility index (Phi) is 21.6. The number of methoxy groups -OCH3 is 2. The van der Waals surface area contributed by atoms with Gasteiger partial charge in [-0.3, -0.25) is 19.2 Å². The first-order valence-corrected chi connectivity index (χ1v) is 20.6. The first kappa shape index (κ1) is 49.1. The van der Waals surface area contributed by atoms with E-state index >= 15 is 0 Å². The van der Waals surface area contributed by atoms with E-state index in [4.69, 9.17) is 18.9 Å². The van der Waals surface area contributed by atoms with Gasteiger partial charge >= 0.3 is 5.97 Å². The van der Waals surface area contributed by atoms with E-state index in [1.54, 1.807) is 40.9 Å². The van der Waals surface area contributed by atoms with E-state index in [1.165, 1.54) is 12.0 Å². The molecular formula is C44H71NO11. The number of ether oxygens (including phenoxy) is 4. The molecule has 1 saturated heterocycles. The maximum atomic E-state index is 13.9. The van der Waals surface area contributed by atoms with Gasteiger partial charge in [0, 0.05) is 39.0 Å². The van der Waals surface area contributed by atoms with E-state index in [0.717, 1.165) is 6.42 Å². The number of aliphatic hydroxyl groups is 2. The van der Waals surface area contributed by atoms with Crippen molar-refractivity contribution in [1.82, 2.24) is 4.90 Å². The molecule has 0 spiro atoms. The van der Waals surface area contributed by atoms with Gasteiger partial charge in [0.1, 0.15) is 36.7 Å². The van der Waals surface area contributed by atoms with Crippen LogP contribution in [0.3, 0.4) is 0 Å². The van der Waals surface area contributed by atoms with Crippen LogP contribution in [0.4, 0.5) is 0 Å². The number of Topliss-reactive ketones (excluding diaryl/α,β-unsaturated/α-hetero) is 3. The van der Waals surface area contributed by atoms with Gasteiger partial charge in [0.25, 0.3) is 5.91 Å². The Morgan fingerprint density at radius 3 is 2.27 bits per heavy atom. The third-order valence-electron chi connectivity index (χ3n) is 11.3. The molecular weight excluding hydrogens is 718 g/mol. The van der Waals surface area contributed by atoms with Crippen LogP contribution in [0.15, 0.2) is 36.0 Å². The summed E-state index contributed by atoms with van der Waals surface area (Å²) in [5.74, 6) is -3.70. The fraction of sp³-hybridized carbons (Fsp3) is 0.750. The number of allylic oxidation sites excluding steroid dienone is 5. The number of amides is 1. The molecule has 1 aliphatic heterocycles. The quantitative estimate of drug-likeness (QED) is 0.0560. The van der Waals surface area contributed by atoms with Crippen molar-refractivity contribution in [2.75, 3.05) is 27.4 Å². The molecule has 0 bridgehead atoms. The predicted molar refractivity (Wildman–Crippen MR) is 215 cm³/mol. The van der Waals surface area contributed by atoms with Crippen molar-refractivity contribution in [3.8, 4) is 0 Å². The molecule has 11 atom stereocenters. The summed E-state index contributed by atoms with van der Waals surface area (Å²) in [6, 6.07) is -0.973. The zero-order valence-corrected chi connectivity index (χ0v) is 35.6. The van der Waals surface area contributed by atoms with Crippen LogP contribution >= 0.6 is 0 Å². The summed E-state index contributed by atoms with van der Waals surface area (Å²) in [5.41, 5.74) is 0.412. The van der Waals surface area contributed by atoms with Crippen LogP contribution in [0.1, 0.15) is 113 Å². The second-order valence-corrected chi connectivity index (χ2v) is 16.4. The Labute approximate surface area is 335 Å². The summed E-state index contributed by atoms with van der Waals surface area (Å²) in [6.07, 6.45) is 9.77. The Bertz CT molecular complexity index is 1370. The number of esters is 1. The summed E-state index contributed by atoms with van der Waals surface area (Å²) in [6.45, 7) is 14.4. The SMILES string of the molecule is C/C=C/C=C/[C@@H](C)C[C@@H](C)C(=O)[C@H](OC)[C@H](O)/C(C)=C/[C@@H](C)C(=O)C[C@H](OC(=O)[C@@H]1CCCCN1C(=O)C(=O)COC(C)C)[C@H](C)C[C@@H]1CC[C@@H](O)[C@H](OC)C1. The van der Waals surface area contributed by atoms with Gasteiger partial charge < -0.3 is 34.1 Å². The molecule has 1 amide bonds. The number of hydrogen-bond donors (Lipinski definition) is 2. The fourth-order valence-electron chi connectivity index (χ4n) is 7.82. The van der Waals surface area contributed by atoms with Gasteiger partial charge in [0.2, 0.25) is 5.78 Å². The molecule has 0 aromatic heterocycles. The van der Waals surface area contributed by atoms with Crippen LogP contribution in [-0.4, -0.2) is 114 Å². The highest BCUT2D eigenvalue weighted by atomic mass is 16.5. The van der Waals surface area contributed by atoms with Crippen molar-refractivity contribution < 1.29 is 53.1 Å². The third kappa shape index (κ3) is 15.4. The van der Waals surface area contributed by atoms with E-state index in [0.29, 0.717) is 50.5 Å². The number of ketones is 3. The lowest BCUT2D eigenvalue weighted by Gasteiger charge is -2.37. The zero-order chi connectivity index (χ0) is 42.1. The Hall–Kier alpha value is -3.03.